The van der Waals surface area contributed by atoms with Crippen LogP contribution in [0.4, 0.5) is 8.78 Å². The first-order valence-electron chi connectivity index (χ1n) is 7.61. The molecule has 0 aliphatic rings. The summed E-state index contributed by atoms with van der Waals surface area (Å²) in [5.41, 5.74) is 5.09. The van der Waals surface area contributed by atoms with Crippen molar-refractivity contribution in [2.75, 3.05) is 0 Å². The van der Waals surface area contributed by atoms with Gasteiger partial charge in [0.1, 0.15) is 17.7 Å². The molecule has 0 fully saturated rings. The highest BCUT2D eigenvalue weighted by Gasteiger charge is 2.19. The maximum absolute atomic E-state index is 13.1. The summed E-state index contributed by atoms with van der Waals surface area (Å²) in [5.74, 6) is -3.10. The van der Waals surface area contributed by atoms with E-state index in [1.807, 2.05) is 6.08 Å². The van der Waals surface area contributed by atoms with Crippen LogP contribution < -0.4 is 11.1 Å². The topological polar surface area (TPSA) is 72.2 Å². The molecule has 0 unspecified atom stereocenters. The second-order valence-corrected chi connectivity index (χ2v) is 5.37. The van der Waals surface area contributed by atoms with E-state index in [9.17, 15) is 18.4 Å². The second kappa shape index (κ2) is 9.71. The van der Waals surface area contributed by atoms with E-state index in [1.165, 1.54) is 0 Å². The molecular formula is C17H22F2N2O2. The number of halogens is 2. The van der Waals surface area contributed by atoms with E-state index in [2.05, 4.69) is 11.9 Å². The molecular weight excluding hydrogens is 302 g/mol. The summed E-state index contributed by atoms with van der Waals surface area (Å²) in [7, 11) is 0. The van der Waals surface area contributed by atoms with E-state index in [0.717, 1.165) is 44.2 Å². The Labute approximate surface area is 134 Å². The van der Waals surface area contributed by atoms with Gasteiger partial charge in [0.05, 0.1) is 0 Å². The lowest BCUT2D eigenvalue weighted by Crippen LogP contribution is -2.44. The molecule has 0 radical (unpaired) electrons. The average molecular weight is 324 g/mol. The number of carbonyl (C=O) groups is 2. The van der Waals surface area contributed by atoms with Gasteiger partial charge in [0.25, 0.3) is 5.91 Å². The fourth-order valence-corrected chi connectivity index (χ4v) is 2.20. The normalized spacial score (nSPS) is 11.7. The van der Waals surface area contributed by atoms with Crippen molar-refractivity contribution in [3.05, 3.63) is 48.1 Å². The lowest BCUT2D eigenvalue weighted by molar-refractivity contribution is -0.120. The molecule has 6 heteroatoms. The summed E-state index contributed by atoms with van der Waals surface area (Å²) in [5, 5.41) is 2.43. The number of hydrogen-bond acceptors (Lipinski definition) is 2. The Morgan fingerprint density at radius 2 is 1.74 bits per heavy atom. The number of rotatable bonds is 10. The number of amides is 2. The van der Waals surface area contributed by atoms with Crippen LogP contribution in [0.25, 0.3) is 0 Å². The summed E-state index contributed by atoms with van der Waals surface area (Å²) in [4.78, 5) is 23.4. The van der Waals surface area contributed by atoms with E-state index in [-0.39, 0.29) is 5.56 Å². The highest BCUT2D eigenvalue weighted by Crippen LogP contribution is 2.11. The van der Waals surface area contributed by atoms with Gasteiger partial charge in [0, 0.05) is 11.6 Å². The fourth-order valence-electron chi connectivity index (χ4n) is 2.20. The highest BCUT2D eigenvalue weighted by atomic mass is 19.1. The molecule has 0 saturated carbocycles. The van der Waals surface area contributed by atoms with Gasteiger partial charge in [-0.05, 0) is 31.4 Å². The predicted octanol–water partition coefficient (Wildman–Crippen LogP) is 3.08. The van der Waals surface area contributed by atoms with Crippen molar-refractivity contribution in [2.45, 2.75) is 44.6 Å². The Morgan fingerprint density at radius 1 is 1.13 bits per heavy atom. The van der Waals surface area contributed by atoms with E-state index in [0.29, 0.717) is 12.5 Å². The molecule has 0 saturated heterocycles. The summed E-state index contributed by atoms with van der Waals surface area (Å²) in [6.45, 7) is 3.64. The van der Waals surface area contributed by atoms with Crippen molar-refractivity contribution in [1.29, 1.82) is 0 Å². The van der Waals surface area contributed by atoms with E-state index >= 15 is 0 Å². The number of carbonyl (C=O) groups excluding carboxylic acids is 2. The maximum atomic E-state index is 13.1. The average Bonchev–Trinajstić information content (AvgIpc) is 2.48. The molecule has 0 aliphatic heterocycles. The Bertz CT molecular complexity index is 541. The summed E-state index contributed by atoms with van der Waals surface area (Å²) in [6, 6.07) is 1.64. The van der Waals surface area contributed by atoms with Gasteiger partial charge in [-0.15, -0.1) is 6.58 Å². The number of unbranched alkanes of at least 4 members (excludes halogenated alkanes) is 4. The third-order valence-electron chi connectivity index (χ3n) is 3.42. The van der Waals surface area contributed by atoms with Crippen molar-refractivity contribution in [3.63, 3.8) is 0 Å². The van der Waals surface area contributed by atoms with Crippen molar-refractivity contribution >= 4 is 11.8 Å². The number of nitrogens with two attached hydrogens (primary N) is 1. The van der Waals surface area contributed by atoms with Crippen LogP contribution >= 0.6 is 0 Å². The largest absolute Gasteiger partial charge is 0.368 e. The molecule has 4 nitrogen and oxygen atoms in total. The zero-order valence-electron chi connectivity index (χ0n) is 13.0. The quantitative estimate of drug-likeness (QED) is 0.513. The number of benzene rings is 1. The molecule has 1 rings (SSSR count). The minimum atomic E-state index is -0.854. The number of hydrogen-bond donors (Lipinski definition) is 2. The third kappa shape index (κ3) is 7.04. The van der Waals surface area contributed by atoms with Gasteiger partial charge >= 0.3 is 0 Å². The zero-order chi connectivity index (χ0) is 17.2. The van der Waals surface area contributed by atoms with Gasteiger partial charge < -0.3 is 11.1 Å². The molecule has 2 amide bonds. The van der Waals surface area contributed by atoms with Crippen LogP contribution in [0.15, 0.2) is 30.9 Å². The fraction of sp³-hybridized carbons (Fsp3) is 0.412. The first kappa shape index (κ1) is 18.8. The molecule has 1 aromatic carbocycles. The molecule has 0 heterocycles. The van der Waals surface area contributed by atoms with Crippen molar-refractivity contribution in [3.8, 4) is 0 Å². The minimum Gasteiger partial charge on any atom is -0.368 e. The van der Waals surface area contributed by atoms with Gasteiger partial charge in [0.15, 0.2) is 0 Å². The van der Waals surface area contributed by atoms with E-state index in [4.69, 9.17) is 5.73 Å². The molecule has 1 aromatic rings. The number of allylic oxidation sites excluding steroid dienone is 1. The second-order valence-electron chi connectivity index (χ2n) is 5.37. The predicted molar refractivity (Wildman–Crippen MR) is 84.7 cm³/mol. The Kier molecular flexibility index (Phi) is 7.94. The van der Waals surface area contributed by atoms with Gasteiger partial charge in [-0.2, -0.15) is 0 Å². The monoisotopic (exact) mass is 324 g/mol. The minimum absolute atomic E-state index is 0.181. The first-order chi connectivity index (χ1) is 10.9. The van der Waals surface area contributed by atoms with Crippen LogP contribution in [0.2, 0.25) is 0 Å². The van der Waals surface area contributed by atoms with E-state index < -0.39 is 29.5 Å². The summed E-state index contributed by atoms with van der Waals surface area (Å²) < 4.78 is 26.2. The van der Waals surface area contributed by atoms with Gasteiger partial charge in [-0.1, -0.05) is 25.3 Å². The van der Waals surface area contributed by atoms with Gasteiger partial charge in [-0.3, -0.25) is 9.59 Å². The van der Waals surface area contributed by atoms with Crippen LogP contribution in [-0.2, 0) is 4.79 Å². The molecule has 126 valence electrons. The smallest absolute Gasteiger partial charge is 0.252 e. The van der Waals surface area contributed by atoms with Crippen molar-refractivity contribution < 1.29 is 18.4 Å². The Hall–Kier alpha value is -2.24. The van der Waals surface area contributed by atoms with Crippen LogP contribution in [0.5, 0.6) is 0 Å². The van der Waals surface area contributed by atoms with Crippen LogP contribution in [0.1, 0.15) is 48.9 Å². The molecule has 0 aromatic heterocycles. The SMILES string of the molecule is C=CCCCCCC[C@H](NC(=O)c1cc(F)cc(F)c1)C(N)=O. The number of primary amides is 1. The third-order valence-corrected chi connectivity index (χ3v) is 3.42. The Morgan fingerprint density at radius 3 is 2.30 bits per heavy atom. The summed E-state index contributed by atoms with van der Waals surface area (Å²) in [6.07, 6.45) is 6.85. The molecule has 23 heavy (non-hydrogen) atoms. The standard InChI is InChI=1S/C17H22F2N2O2/c1-2-3-4-5-6-7-8-15(16(20)22)21-17(23)12-9-13(18)11-14(19)10-12/h2,9-11,15H,1,3-8H2,(H2,20,22)(H,21,23)/t15-/m0/s1. The van der Waals surface area contributed by atoms with Crippen molar-refractivity contribution in [2.24, 2.45) is 5.73 Å². The van der Waals surface area contributed by atoms with Crippen molar-refractivity contribution in [1.82, 2.24) is 5.32 Å². The van der Waals surface area contributed by atoms with E-state index in [1.54, 1.807) is 0 Å². The van der Waals surface area contributed by atoms with Gasteiger partial charge in [-0.25, -0.2) is 8.78 Å². The first-order valence-corrected chi connectivity index (χ1v) is 7.61. The van der Waals surface area contributed by atoms with Crippen LogP contribution in [0, 0.1) is 11.6 Å². The zero-order valence-corrected chi connectivity index (χ0v) is 13.0. The number of nitrogens with one attached hydrogen (secondary N) is 1. The highest BCUT2D eigenvalue weighted by molar-refractivity contribution is 5.97. The Balaban J connectivity index is 2.53. The molecule has 0 bridgehead atoms. The van der Waals surface area contributed by atoms with Crippen LogP contribution in [-0.4, -0.2) is 17.9 Å². The lowest BCUT2D eigenvalue weighted by Gasteiger charge is -2.15. The lowest BCUT2D eigenvalue weighted by atomic mass is 10.1. The van der Waals surface area contributed by atoms with Crippen LogP contribution in [0.3, 0.4) is 0 Å². The molecule has 0 aliphatic carbocycles. The molecule has 3 N–H and O–H groups in total. The molecule has 0 spiro atoms. The summed E-state index contributed by atoms with van der Waals surface area (Å²) >= 11 is 0. The van der Waals surface area contributed by atoms with Gasteiger partial charge in [0.2, 0.25) is 5.91 Å². The maximum Gasteiger partial charge on any atom is 0.252 e. The molecule has 1 atom stereocenters.